The summed E-state index contributed by atoms with van der Waals surface area (Å²) in [5.41, 5.74) is 1.39. The first-order chi connectivity index (χ1) is 10.3. The van der Waals surface area contributed by atoms with Crippen LogP contribution in [0, 0.1) is 0 Å². The first kappa shape index (κ1) is 14.8. The smallest absolute Gasteiger partial charge is 0.234 e. The molecule has 112 valence electrons. The van der Waals surface area contributed by atoms with Crippen molar-refractivity contribution in [3.63, 3.8) is 0 Å². The number of hydrogen-bond donors (Lipinski definition) is 1. The van der Waals surface area contributed by atoms with E-state index in [9.17, 15) is 4.79 Å². The van der Waals surface area contributed by atoms with Gasteiger partial charge in [-0.05, 0) is 41.3 Å². The maximum absolute atomic E-state index is 12.1. The van der Waals surface area contributed by atoms with Crippen molar-refractivity contribution in [1.82, 2.24) is 10.2 Å². The molecule has 2 aromatic heterocycles. The fourth-order valence-electron chi connectivity index (χ4n) is 2.82. The normalized spacial score (nSPS) is 18.4. The van der Waals surface area contributed by atoms with Crippen LogP contribution in [0.4, 0.5) is 0 Å². The lowest BCUT2D eigenvalue weighted by Crippen LogP contribution is -2.42. The number of carbonyl (C=O) groups is 1. The predicted octanol–water partition coefficient (Wildman–Crippen LogP) is 3.28. The van der Waals surface area contributed by atoms with Crippen LogP contribution < -0.4 is 5.32 Å². The summed E-state index contributed by atoms with van der Waals surface area (Å²) in [5.74, 6) is 0.136. The Kier molecular flexibility index (Phi) is 4.73. The van der Waals surface area contributed by atoms with Crippen LogP contribution in [0.1, 0.15) is 34.7 Å². The van der Waals surface area contributed by atoms with E-state index in [1.807, 2.05) is 11.3 Å². The molecule has 0 unspecified atom stereocenters. The van der Waals surface area contributed by atoms with Gasteiger partial charge in [-0.15, -0.1) is 22.7 Å². The van der Waals surface area contributed by atoms with E-state index in [0.717, 1.165) is 25.9 Å². The van der Waals surface area contributed by atoms with Gasteiger partial charge >= 0.3 is 0 Å². The quantitative estimate of drug-likeness (QED) is 0.917. The summed E-state index contributed by atoms with van der Waals surface area (Å²) >= 11 is 3.61. The van der Waals surface area contributed by atoms with E-state index in [4.69, 9.17) is 0 Å². The van der Waals surface area contributed by atoms with Crippen molar-refractivity contribution >= 4 is 28.6 Å². The summed E-state index contributed by atoms with van der Waals surface area (Å²) in [6.07, 6.45) is 2.03. The van der Waals surface area contributed by atoms with Crippen LogP contribution in [-0.4, -0.2) is 30.4 Å². The zero-order chi connectivity index (χ0) is 14.7. The Labute approximate surface area is 133 Å². The first-order valence-electron chi connectivity index (χ1n) is 7.40. The third-order valence-electron chi connectivity index (χ3n) is 3.80. The van der Waals surface area contributed by atoms with Gasteiger partial charge in [-0.2, -0.15) is 0 Å². The van der Waals surface area contributed by atoms with Crippen LogP contribution in [0.15, 0.2) is 29.0 Å². The molecule has 5 heteroatoms. The number of fused-ring (bicyclic) bond motifs is 1. The molecule has 3 nitrogen and oxygen atoms in total. The summed E-state index contributed by atoms with van der Waals surface area (Å²) in [4.78, 5) is 17.2. The fraction of sp³-hybridized carbons (Fsp3) is 0.438. The molecule has 1 atom stereocenters. The van der Waals surface area contributed by atoms with E-state index >= 15 is 0 Å². The molecule has 1 aliphatic heterocycles. The van der Waals surface area contributed by atoms with Crippen molar-refractivity contribution in [2.75, 3.05) is 19.6 Å². The molecule has 1 aliphatic rings. The molecule has 3 rings (SSSR count). The highest BCUT2D eigenvalue weighted by molar-refractivity contribution is 7.10. The van der Waals surface area contributed by atoms with Gasteiger partial charge in [-0.1, -0.05) is 13.0 Å². The Morgan fingerprint density at radius 3 is 3.05 bits per heavy atom. The lowest BCUT2D eigenvalue weighted by Gasteiger charge is -2.34. The van der Waals surface area contributed by atoms with Gasteiger partial charge in [0.15, 0.2) is 0 Å². The molecule has 0 aliphatic carbocycles. The van der Waals surface area contributed by atoms with Crippen LogP contribution in [0.3, 0.4) is 0 Å². The average Bonchev–Trinajstić information content (AvgIpc) is 3.15. The zero-order valence-electron chi connectivity index (χ0n) is 12.2. The Bertz CT molecular complexity index is 591. The summed E-state index contributed by atoms with van der Waals surface area (Å²) < 4.78 is 0. The van der Waals surface area contributed by atoms with E-state index in [1.54, 1.807) is 11.3 Å². The maximum atomic E-state index is 12.1. The van der Waals surface area contributed by atoms with E-state index in [0.29, 0.717) is 6.54 Å². The molecular weight excluding hydrogens is 300 g/mol. The second-order valence-corrected chi connectivity index (χ2v) is 7.27. The van der Waals surface area contributed by atoms with E-state index < -0.39 is 0 Å². The largest absolute Gasteiger partial charge is 0.355 e. The molecular formula is C16H20N2OS2. The molecule has 2 aromatic rings. The second kappa shape index (κ2) is 6.73. The summed E-state index contributed by atoms with van der Waals surface area (Å²) in [6.45, 7) is 4.28. The van der Waals surface area contributed by atoms with Gasteiger partial charge in [-0.25, -0.2) is 0 Å². The number of nitrogens with one attached hydrogen (secondary N) is 1. The second-order valence-electron chi connectivity index (χ2n) is 5.29. The topological polar surface area (TPSA) is 32.3 Å². The van der Waals surface area contributed by atoms with Crippen molar-refractivity contribution < 1.29 is 4.79 Å². The highest BCUT2D eigenvalue weighted by atomic mass is 32.1. The standard InChI is InChI=1S/C16H20N2OS2/c1-2-7-17-15(19)11-18-8-5-13-12(6-10-21-13)16(18)14-4-3-9-20-14/h3-4,6,9-10,16H,2,5,7-8,11H2,1H3,(H,17,19)/t16-/m0/s1. The number of amides is 1. The van der Waals surface area contributed by atoms with Crippen LogP contribution in [-0.2, 0) is 11.2 Å². The van der Waals surface area contributed by atoms with Gasteiger partial charge in [0.05, 0.1) is 12.6 Å². The van der Waals surface area contributed by atoms with Crippen molar-refractivity contribution in [3.8, 4) is 0 Å². The Morgan fingerprint density at radius 1 is 1.38 bits per heavy atom. The number of nitrogens with zero attached hydrogens (tertiary/aromatic N) is 1. The van der Waals surface area contributed by atoms with Crippen LogP contribution in [0.25, 0.3) is 0 Å². The molecule has 0 spiro atoms. The third kappa shape index (κ3) is 3.20. The molecule has 3 heterocycles. The Morgan fingerprint density at radius 2 is 2.29 bits per heavy atom. The van der Waals surface area contributed by atoms with Crippen LogP contribution in [0.5, 0.6) is 0 Å². The number of hydrogen-bond acceptors (Lipinski definition) is 4. The van der Waals surface area contributed by atoms with Gasteiger partial charge in [0, 0.05) is 22.8 Å². The Balaban J connectivity index is 1.81. The minimum absolute atomic E-state index is 0.136. The molecule has 1 N–H and O–H groups in total. The lowest BCUT2D eigenvalue weighted by molar-refractivity contribution is -0.122. The minimum atomic E-state index is 0.136. The summed E-state index contributed by atoms with van der Waals surface area (Å²) in [6, 6.07) is 6.74. The highest BCUT2D eigenvalue weighted by Crippen LogP contribution is 2.39. The maximum Gasteiger partial charge on any atom is 0.234 e. The van der Waals surface area contributed by atoms with E-state index in [-0.39, 0.29) is 11.9 Å². The molecule has 0 radical (unpaired) electrons. The molecule has 21 heavy (non-hydrogen) atoms. The number of carbonyl (C=O) groups excluding carboxylic acids is 1. The number of thiophene rings is 2. The fourth-order valence-corrected chi connectivity index (χ4v) is 4.60. The lowest BCUT2D eigenvalue weighted by atomic mass is 9.98. The van der Waals surface area contributed by atoms with Crippen molar-refractivity contribution in [2.24, 2.45) is 0 Å². The van der Waals surface area contributed by atoms with E-state index in [1.165, 1.54) is 15.3 Å². The van der Waals surface area contributed by atoms with Crippen molar-refractivity contribution in [3.05, 3.63) is 44.3 Å². The van der Waals surface area contributed by atoms with Crippen LogP contribution in [0.2, 0.25) is 0 Å². The summed E-state index contributed by atoms with van der Waals surface area (Å²) in [5, 5.41) is 7.28. The van der Waals surface area contributed by atoms with Crippen molar-refractivity contribution in [2.45, 2.75) is 25.8 Å². The minimum Gasteiger partial charge on any atom is -0.355 e. The summed E-state index contributed by atoms with van der Waals surface area (Å²) in [7, 11) is 0. The monoisotopic (exact) mass is 320 g/mol. The van der Waals surface area contributed by atoms with E-state index in [2.05, 4.69) is 46.1 Å². The van der Waals surface area contributed by atoms with Gasteiger partial charge in [-0.3, -0.25) is 9.69 Å². The first-order valence-corrected chi connectivity index (χ1v) is 9.16. The van der Waals surface area contributed by atoms with Gasteiger partial charge in [0.25, 0.3) is 0 Å². The molecule has 1 amide bonds. The highest BCUT2D eigenvalue weighted by Gasteiger charge is 2.31. The third-order valence-corrected chi connectivity index (χ3v) is 5.72. The SMILES string of the molecule is CCCNC(=O)CN1CCc2sccc2[C@H]1c1cccs1. The molecule has 0 bridgehead atoms. The average molecular weight is 320 g/mol. The molecule has 0 aromatic carbocycles. The zero-order valence-corrected chi connectivity index (χ0v) is 13.8. The van der Waals surface area contributed by atoms with Gasteiger partial charge in [0.1, 0.15) is 0 Å². The Hall–Kier alpha value is -1.17. The number of rotatable bonds is 5. The van der Waals surface area contributed by atoms with Gasteiger partial charge in [0.2, 0.25) is 5.91 Å². The van der Waals surface area contributed by atoms with Crippen molar-refractivity contribution in [1.29, 1.82) is 0 Å². The van der Waals surface area contributed by atoms with Crippen LogP contribution >= 0.6 is 22.7 Å². The predicted molar refractivity (Wildman–Crippen MR) is 89.1 cm³/mol. The molecule has 0 fully saturated rings. The molecule has 0 saturated heterocycles. The van der Waals surface area contributed by atoms with Gasteiger partial charge < -0.3 is 5.32 Å². The molecule has 0 saturated carbocycles.